The minimum Gasteiger partial charge on any atom is -0.504 e. The highest BCUT2D eigenvalue weighted by Gasteiger charge is 2.16. The van der Waals surface area contributed by atoms with Crippen LogP contribution in [0.4, 0.5) is 0 Å². The van der Waals surface area contributed by atoms with Crippen molar-refractivity contribution in [3.63, 3.8) is 0 Å². The summed E-state index contributed by atoms with van der Waals surface area (Å²) in [7, 11) is 4.25. The zero-order chi connectivity index (χ0) is 16.7. The molecule has 0 heterocycles. The monoisotopic (exact) mass is 313 g/mol. The Labute approximate surface area is 138 Å². The minimum atomic E-state index is 0.145. The van der Waals surface area contributed by atoms with E-state index < -0.39 is 0 Å². The second-order valence-electron chi connectivity index (χ2n) is 5.66. The Balaban J connectivity index is 2.12. The highest BCUT2D eigenvalue weighted by Crippen LogP contribution is 2.28. The molecule has 2 aromatic carbocycles. The van der Waals surface area contributed by atoms with Crippen molar-refractivity contribution < 1.29 is 14.7 Å². The summed E-state index contributed by atoms with van der Waals surface area (Å²) in [6, 6.07) is 16.1. The standard InChI is InChI=1S/C19H24N2O2/c1-4-23-18-12-8-11-16(19(18)22)13-20-14-17(21(2)3)15-9-6-5-7-10-15/h5-13,17,22H,4,14H2,1-3H3/p+1/t17-/m1/s1. The predicted molar refractivity (Wildman–Crippen MR) is 93.7 cm³/mol. The topological polar surface area (TPSA) is 46.3 Å². The van der Waals surface area contributed by atoms with Gasteiger partial charge in [0.15, 0.2) is 11.5 Å². The van der Waals surface area contributed by atoms with E-state index in [9.17, 15) is 5.11 Å². The molecule has 0 aliphatic rings. The molecule has 0 radical (unpaired) electrons. The van der Waals surface area contributed by atoms with Gasteiger partial charge < -0.3 is 14.7 Å². The molecule has 1 atom stereocenters. The number of rotatable bonds is 7. The summed E-state index contributed by atoms with van der Waals surface area (Å²) in [5.41, 5.74) is 1.94. The van der Waals surface area contributed by atoms with E-state index in [-0.39, 0.29) is 11.8 Å². The van der Waals surface area contributed by atoms with Crippen LogP contribution in [0.3, 0.4) is 0 Å². The molecule has 0 spiro atoms. The van der Waals surface area contributed by atoms with Crippen LogP contribution in [0.15, 0.2) is 53.5 Å². The Morgan fingerprint density at radius 2 is 1.87 bits per heavy atom. The molecule has 23 heavy (non-hydrogen) atoms. The molecule has 2 rings (SSSR count). The predicted octanol–water partition coefficient (Wildman–Crippen LogP) is 2.10. The normalized spacial score (nSPS) is 12.7. The van der Waals surface area contributed by atoms with Gasteiger partial charge in [-0.2, -0.15) is 0 Å². The van der Waals surface area contributed by atoms with E-state index in [1.54, 1.807) is 12.3 Å². The molecule has 0 aliphatic carbocycles. The zero-order valence-electron chi connectivity index (χ0n) is 14.0. The van der Waals surface area contributed by atoms with E-state index in [0.717, 1.165) is 0 Å². The maximum atomic E-state index is 10.2. The van der Waals surface area contributed by atoms with Gasteiger partial charge in [-0.1, -0.05) is 36.4 Å². The summed E-state index contributed by atoms with van der Waals surface area (Å²) >= 11 is 0. The van der Waals surface area contributed by atoms with E-state index in [4.69, 9.17) is 4.74 Å². The van der Waals surface area contributed by atoms with Crippen molar-refractivity contribution in [2.45, 2.75) is 13.0 Å². The van der Waals surface area contributed by atoms with Crippen LogP contribution in [0.5, 0.6) is 11.5 Å². The molecule has 0 saturated heterocycles. The molecule has 0 amide bonds. The number of phenolic OH excluding ortho intramolecular Hbond substituents is 1. The number of ether oxygens (including phenoxy) is 1. The fraction of sp³-hybridized carbons (Fsp3) is 0.316. The number of nitrogens with zero attached hydrogens (tertiary/aromatic N) is 1. The molecule has 2 aromatic rings. The number of quaternary nitrogens is 1. The van der Waals surface area contributed by atoms with Crippen molar-refractivity contribution in [3.05, 3.63) is 59.7 Å². The lowest BCUT2D eigenvalue weighted by Gasteiger charge is -2.19. The summed E-state index contributed by atoms with van der Waals surface area (Å²) in [6.07, 6.45) is 1.72. The van der Waals surface area contributed by atoms with Crippen LogP contribution in [-0.2, 0) is 0 Å². The maximum Gasteiger partial charge on any atom is 0.166 e. The zero-order valence-corrected chi connectivity index (χ0v) is 14.0. The van der Waals surface area contributed by atoms with Crippen molar-refractivity contribution in [3.8, 4) is 11.5 Å². The second kappa shape index (κ2) is 8.34. The Bertz CT molecular complexity index is 639. The van der Waals surface area contributed by atoms with Crippen LogP contribution < -0.4 is 9.64 Å². The number of nitrogens with one attached hydrogen (secondary N) is 1. The Morgan fingerprint density at radius 3 is 2.52 bits per heavy atom. The number of likely N-dealkylation sites (N-methyl/N-ethyl adjacent to an activating group) is 1. The van der Waals surface area contributed by atoms with Gasteiger partial charge in [0, 0.05) is 17.3 Å². The van der Waals surface area contributed by atoms with E-state index in [0.29, 0.717) is 24.5 Å². The van der Waals surface area contributed by atoms with E-state index in [2.05, 4.69) is 31.2 Å². The first kappa shape index (κ1) is 17.0. The largest absolute Gasteiger partial charge is 0.504 e. The van der Waals surface area contributed by atoms with E-state index in [1.807, 2.05) is 37.3 Å². The van der Waals surface area contributed by atoms with E-state index >= 15 is 0 Å². The second-order valence-corrected chi connectivity index (χ2v) is 5.66. The summed E-state index contributed by atoms with van der Waals surface area (Å²) in [5, 5.41) is 10.2. The molecule has 0 bridgehead atoms. The fourth-order valence-electron chi connectivity index (χ4n) is 2.48. The summed E-state index contributed by atoms with van der Waals surface area (Å²) < 4.78 is 5.40. The molecule has 0 aliphatic heterocycles. The first-order valence-electron chi connectivity index (χ1n) is 7.93. The lowest BCUT2D eigenvalue weighted by Crippen LogP contribution is -3.06. The molecule has 0 aromatic heterocycles. The van der Waals surface area contributed by atoms with Gasteiger partial charge in [0.2, 0.25) is 0 Å². The van der Waals surface area contributed by atoms with E-state index in [1.165, 1.54) is 10.5 Å². The molecule has 0 fully saturated rings. The van der Waals surface area contributed by atoms with Crippen molar-refractivity contribution in [2.75, 3.05) is 27.2 Å². The molecular weight excluding hydrogens is 288 g/mol. The highest BCUT2D eigenvalue weighted by molar-refractivity contribution is 5.84. The minimum absolute atomic E-state index is 0.145. The molecule has 122 valence electrons. The lowest BCUT2D eigenvalue weighted by atomic mass is 10.1. The number of aromatic hydroxyl groups is 1. The Morgan fingerprint density at radius 1 is 1.13 bits per heavy atom. The first-order valence-corrected chi connectivity index (χ1v) is 7.93. The van der Waals surface area contributed by atoms with Gasteiger partial charge in [-0.3, -0.25) is 4.99 Å². The Kier molecular flexibility index (Phi) is 6.18. The number of hydrogen-bond acceptors (Lipinski definition) is 3. The SMILES string of the molecule is CCOc1cccc(C=NC[C@H](c2ccccc2)[NH+](C)C)c1O. The van der Waals surface area contributed by atoms with Crippen LogP contribution in [0.2, 0.25) is 0 Å². The summed E-state index contributed by atoms with van der Waals surface area (Å²) in [5.74, 6) is 0.640. The Hall–Kier alpha value is -2.33. The molecule has 0 saturated carbocycles. The van der Waals surface area contributed by atoms with Crippen LogP contribution >= 0.6 is 0 Å². The average molecular weight is 313 g/mol. The third-order valence-corrected chi connectivity index (χ3v) is 3.75. The molecule has 2 N–H and O–H groups in total. The van der Waals surface area contributed by atoms with Crippen molar-refractivity contribution in [1.29, 1.82) is 0 Å². The molecule has 0 unspecified atom stereocenters. The van der Waals surface area contributed by atoms with Crippen LogP contribution in [0.1, 0.15) is 24.1 Å². The van der Waals surface area contributed by atoms with Crippen molar-refractivity contribution >= 4 is 6.21 Å². The fourth-order valence-corrected chi connectivity index (χ4v) is 2.48. The first-order chi connectivity index (χ1) is 11.1. The number of para-hydroxylation sites is 1. The van der Waals surface area contributed by atoms with Crippen LogP contribution in [-0.4, -0.2) is 38.6 Å². The molecular formula is C19H25N2O2+. The van der Waals surface area contributed by atoms with Gasteiger partial charge in [-0.25, -0.2) is 0 Å². The quantitative estimate of drug-likeness (QED) is 0.769. The summed E-state index contributed by atoms with van der Waals surface area (Å²) in [6.45, 7) is 3.07. The number of hydrogen-bond donors (Lipinski definition) is 2. The summed E-state index contributed by atoms with van der Waals surface area (Å²) in [4.78, 5) is 5.86. The van der Waals surface area contributed by atoms with Crippen molar-refractivity contribution in [1.82, 2.24) is 0 Å². The molecule has 4 heteroatoms. The van der Waals surface area contributed by atoms with Gasteiger partial charge in [-0.15, -0.1) is 0 Å². The van der Waals surface area contributed by atoms with Gasteiger partial charge >= 0.3 is 0 Å². The number of aliphatic imine (C=N–C) groups is 1. The molecule has 4 nitrogen and oxygen atoms in total. The van der Waals surface area contributed by atoms with Gasteiger partial charge in [0.1, 0.15) is 6.04 Å². The lowest BCUT2D eigenvalue weighted by molar-refractivity contribution is -0.890. The number of benzene rings is 2. The maximum absolute atomic E-state index is 10.2. The van der Waals surface area contributed by atoms with Crippen molar-refractivity contribution in [2.24, 2.45) is 4.99 Å². The number of phenols is 1. The highest BCUT2D eigenvalue weighted by atomic mass is 16.5. The van der Waals surface area contributed by atoms with Crippen LogP contribution in [0.25, 0.3) is 0 Å². The van der Waals surface area contributed by atoms with Gasteiger partial charge in [0.25, 0.3) is 0 Å². The average Bonchev–Trinajstić information content (AvgIpc) is 2.55. The van der Waals surface area contributed by atoms with Gasteiger partial charge in [-0.05, 0) is 19.1 Å². The third kappa shape index (κ3) is 4.57. The van der Waals surface area contributed by atoms with Gasteiger partial charge in [0.05, 0.1) is 27.2 Å². The van der Waals surface area contributed by atoms with Crippen LogP contribution in [0, 0.1) is 0 Å². The third-order valence-electron chi connectivity index (χ3n) is 3.75. The smallest absolute Gasteiger partial charge is 0.166 e.